The van der Waals surface area contributed by atoms with E-state index in [9.17, 15) is 0 Å². The Balaban J connectivity index is 2.29. The summed E-state index contributed by atoms with van der Waals surface area (Å²) in [5.74, 6) is 1.49. The van der Waals surface area contributed by atoms with Crippen LogP contribution < -0.4 is 9.47 Å². The highest BCUT2D eigenvalue weighted by molar-refractivity contribution is 5.48. The molecule has 3 nitrogen and oxygen atoms in total. The Bertz CT molecular complexity index is 360. The fourth-order valence-electron chi connectivity index (χ4n) is 1.61. The zero-order chi connectivity index (χ0) is 10.7. The van der Waals surface area contributed by atoms with E-state index in [1.165, 1.54) is 0 Å². The van der Waals surface area contributed by atoms with Gasteiger partial charge in [-0.05, 0) is 12.5 Å². The maximum atomic E-state index is 8.97. The average Bonchev–Trinajstić information content (AvgIpc) is 2.29. The first-order chi connectivity index (χ1) is 7.35. The van der Waals surface area contributed by atoms with Crippen molar-refractivity contribution in [1.82, 2.24) is 0 Å². The molecular weight excluding hydrogens is 192 g/mol. The van der Waals surface area contributed by atoms with Crippen molar-refractivity contribution in [2.75, 3.05) is 13.2 Å². The molecule has 2 rings (SSSR count). The van der Waals surface area contributed by atoms with Gasteiger partial charge in [0, 0.05) is 5.56 Å². The van der Waals surface area contributed by atoms with Crippen LogP contribution in [0.1, 0.15) is 5.56 Å². The Morgan fingerprint density at radius 3 is 3.13 bits per heavy atom. The van der Waals surface area contributed by atoms with Crippen LogP contribution in [0.5, 0.6) is 11.5 Å². The van der Waals surface area contributed by atoms with Crippen molar-refractivity contribution in [2.24, 2.45) is 0 Å². The molecule has 3 heteroatoms. The fraction of sp³-hybridized carbons (Fsp3) is 0.333. The van der Waals surface area contributed by atoms with Crippen LogP contribution in [-0.2, 0) is 6.42 Å². The molecule has 1 aromatic carbocycles. The summed E-state index contributed by atoms with van der Waals surface area (Å²) < 4.78 is 11.1. The molecule has 1 aliphatic heterocycles. The SMILES string of the molecule is C=CCc1cccc2c1OC[C@H](CO)O2. The summed E-state index contributed by atoms with van der Waals surface area (Å²) in [4.78, 5) is 0. The van der Waals surface area contributed by atoms with Gasteiger partial charge in [0.15, 0.2) is 17.6 Å². The number of benzene rings is 1. The molecule has 1 aromatic rings. The van der Waals surface area contributed by atoms with Gasteiger partial charge in [-0.3, -0.25) is 0 Å². The Labute approximate surface area is 88.9 Å². The van der Waals surface area contributed by atoms with Gasteiger partial charge >= 0.3 is 0 Å². The lowest BCUT2D eigenvalue weighted by Gasteiger charge is -2.26. The highest BCUT2D eigenvalue weighted by Gasteiger charge is 2.21. The Morgan fingerprint density at radius 1 is 1.53 bits per heavy atom. The number of allylic oxidation sites excluding steroid dienone is 1. The lowest BCUT2D eigenvalue weighted by atomic mass is 10.1. The molecule has 1 N–H and O–H groups in total. The van der Waals surface area contributed by atoms with Crippen molar-refractivity contribution in [1.29, 1.82) is 0 Å². The van der Waals surface area contributed by atoms with E-state index in [0.29, 0.717) is 12.4 Å². The Hall–Kier alpha value is -1.48. The topological polar surface area (TPSA) is 38.7 Å². The molecule has 0 spiro atoms. The van der Waals surface area contributed by atoms with E-state index < -0.39 is 0 Å². The molecular formula is C12H14O3. The standard InChI is InChI=1S/C12H14O3/c1-2-4-9-5-3-6-11-12(9)14-8-10(7-13)15-11/h2-3,5-6,10,13H,1,4,7-8H2/t10-/m0/s1. The van der Waals surface area contributed by atoms with Crippen molar-refractivity contribution >= 4 is 0 Å². The zero-order valence-electron chi connectivity index (χ0n) is 8.48. The third kappa shape index (κ3) is 1.97. The fourth-order valence-corrected chi connectivity index (χ4v) is 1.61. The summed E-state index contributed by atoms with van der Waals surface area (Å²) in [6, 6.07) is 5.76. The normalized spacial score (nSPS) is 18.6. The number of ether oxygens (including phenoxy) is 2. The van der Waals surface area contributed by atoms with E-state index >= 15 is 0 Å². The third-order valence-electron chi connectivity index (χ3n) is 2.34. The van der Waals surface area contributed by atoms with Crippen molar-refractivity contribution in [3.05, 3.63) is 36.4 Å². The minimum atomic E-state index is -0.253. The van der Waals surface area contributed by atoms with Crippen LogP contribution in [-0.4, -0.2) is 24.4 Å². The molecule has 0 bridgehead atoms. The van der Waals surface area contributed by atoms with Gasteiger partial charge in [-0.1, -0.05) is 18.2 Å². The van der Waals surface area contributed by atoms with Gasteiger partial charge in [0.1, 0.15) is 6.61 Å². The van der Waals surface area contributed by atoms with Crippen molar-refractivity contribution in [3.63, 3.8) is 0 Å². The first-order valence-corrected chi connectivity index (χ1v) is 4.98. The number of aliphatic hydroxyl groups is 1. The maximum Gasteiger partial charge on any atom is 0.164 e. The lowest BCUT2D eigenvalue weighted by molar-refractivity contribution is 0.0450. The molecule has 0 aliphatic carbocycles. The molecule has 0 saturated carbocycles. The molecule has 1 aliphatic rings. The first kappa shape index (κ1) is 10.1. The summed E-state index contributed by atoms with van der Waals surface area (Å²) in [6.07, 6.45) is 2.34. The lowest BCUT2D eigenvalue weighted by Crippen LogP contribution is -2.32. The van der Waals surface area contributed by atoms with E-state index in [1.807, 2.05) is 24.3 Å². The predicted molar refractivity (Wildman–Crippen MR) is 57.3 cm³/mol. The molecule has 0 aromatic heterocycles. The van der Waals surface area contributed by atoms with E-state index in [0.717, 1.165) is 17.7 Å². The molecule has 15 heavy (non-hydrogen) atoms. The number of fused-ring (bicyclic) bond motifs is 1. The largest absolute Gasteiger partial charge is 0.485 e. The second-order valence-corrected chi connectivity index (χ2v) is 3.47. The minimum Gasteiger partial charge on any atom is -0.485 e. The van der Waals surface area contributed by atoms with E-state index in [4.69, 9.17) is 14.6 Å². The molecule has 1 heterocycles. The van der Waals surface area contributed by atoms with Crippen molar-refractivity contribution in [2.45, 2.75) is 12.5 Å². The van der Waals surface area contributed by atoms with Crippen LogP contribution in [0.15, 0.2) is 30.9 Å². The van der Waals surface area contributed by atoms with E-state index in [2.05, 4.69) is 6.58 Å². The van der Waals surface area contributed by atoms with Crippen LogP contribution in [0.25, 0.3) is 0 Å². The van der Waals surface area contributed by atoms with Gasteiger partial charge in [0.25, 0.3) is 0 Å². The number of hydrogen-bond acceptors (Lipinski definition) is 3. The second kappa shape index (κ2) is 4.36. The van der Waals surface area contributed by atoms with Crippen molar-refractivity contribution in [3.8, 4) is 11.5 Å². The van der Waals surface area contributed by atoms with Crippen LogP contribution in [0.3, 0.4) is 0 Å². The number of aliphatic hydroxyl groups excluding tert-OH is 1. The van der Waals surface area contributed by atoms with Crippen LogP contribution >= 0.6 is 0 Å². The Morgan fingerprint density at radius 2 is 2.40 bits per heavy atom. The summed E-state index contributed by atoms with van der Waals surface area (Å²) in [5, 5.41) is 8.97. The molecule has 0 amide bonds. The van der Waals surface area contributed by atoms with Gasteiger partial charge in [-0.25, -0.2) is 0 Å². The van der Waals surface area contributed by atoms with Crippen LogP contribution in [0, 0.1) is 0 Å². The van der Waals surface area contributed by atoms with E-state index in [-0.39, 0.29) is 12.7 Å². The Kier molecular flexibility index (Phi) is 2.92. The summed E-state index contributed by atoms with van der Waals surface area (Å²) in [6.45, 7) is 4.08. The van der Waals surface area contributed by atoms with Crippen LogP contribution in [0.2, 0.25) is 0 Å². The van der Waals surface area contributed by atoms with Gasteiger partial charge in [-0.15, -0.1) is 6.58 Å². The highest BCUT2D eigenvalue weighted by atomic mass is 16.6. The van der Waals surface area contributed by atoms with Crippen LogP contribution in [0.4, 0.5) is 0 Å². The second-order valence-electron chi connectivity index (χ2n) is 3.47. The maximum absolute atomic E-state index is 8.97. The average molecular weight is 206 g/mol. The minimum absolute atomic E-state index is 0.0227. The molecule has 1 atom stereocenters. The van der Waals surface area contributed by atoms with Gasteiger partial charge in [-0.2, -0.15) is 0 Å². The smallest absolute Gasteiger partial charge is 0.164 e. The van der Waals surface area contributed by atoms with Gasteiger partial charge in [0.05, 0.1) is 6.61 Å². The molecule has 80 valence electrons. The summed E-state index contributed by atoms with van der Waals surface area (Å²) >= 11 is 0. The number of rotatable bonds is 3. The number of para-hydroxylation sites is 1. The zero-order valence-corrected chi connectivity index (χ0v) is 8.48. The molecule has 0 radical (unpaired) electrons. The van der Waals surface area contributed by atoms with Gasteiger partial charge in [0.2, 0.25) is 0 Å². The number of hydrogen-bond donors (Lipinski definition) is 1. The predicted octanol–water partition coefficient (Wildman–Crippen LogP) is 1.55. The summed E-state index contributed by atoms with van der Waals surface area (Å²) in [5.41, 5.74) is 1.07. The monoisotopic (exact) mass is 206 g/mol. The third-order valence-corrected chi connectivity index (χ3v) is 2.34. The first-order valence-electron chi connectivity index (χ1n) is 4.98. The summed E-state index contributed by atoms with van der Waals surface area (Å²) in [7, 11) is 0. The van der Waals surface area contributed by atoms with E-state index in [1.54, 1.807) is 0 Å². The highest BCUT2D eigenvalue weighted by Crippen LogP contribution is 2.35. The molecule has 0 unspecified atom stereocenters. The molecule has 0 fully saturated rings. The van der Waals surface area contributed by atoms with Crippen molar-refractivity contribution < 1.29 is 14.6 Å². The molecule has 0 saturated heterocycles. The quantitative estimate of drug-likeness (QED) is 0.762. The van der Waals surface area contributed by atoms with Gasteiger partial charge < -0.3 is 14.6 Å².